The van der Waals surface area contributed by atoms with Gasteiger partial charge in [-0.25, -0.2) is 4.79 Å². The highest BCUT2D eigenvalue weighted by molar-refractivity contribution is 5.96. The predicted octanol–water partition coefficient (Wildman–Crippen LogP) is 0.654. The maximum absolute atomic E-state index is 12.9. The Morgan fingerprint density at radius 3 is 2.59 bits per heavy atom. The SMILES string of the molecule is CC(C)=CC(=O)O[C@@H]1[C@H]2C(C)=CC(=O)C(O)[C@]2(C)[C@H]2[C@@]3(O)OC[C@@]24[C@@H]1OC(=O)C[C@H]4[C@@H](C)[C@H]3O. The summed E-state index contributed by atoms with van der Waals surface area (Å²) < 4.78 is 17.8. The first-order valence-electron chi connectivity index (χ1n) is 11.8. The van der Waals surface area contributed by atoms with Crippen molar-refractivity contribution >= 4 is 17.7 Å². The van der Waals surface area contributed by atoms with Gasteiger partial charge in [0, 0.05) is 35.2 Å². The highest BCUT2D eigenvalue weighted by Crippen LogP contribution is 2.73. The van der Waals surface area contributed by atoms with Gasteiger partial charge in [0.05, 0.1) is 6.61 Å². The first-order valence-corrected chi connectivity index (χ1v) is 11.8. The summed E-state index contributed by atoms with van der Waals surface area (Å²) in [6, 6.07) is 0. The van der Waals surface area contributed by atoms with Crippen LogP contribution in [0.1, 0.15) is 41.0 Å². The molecule has 1 unspecified atom stereocenters. The van der Waals surface area contributed by atoms with Gasteiger partial charge in [-0.3, -0.25) is 9.59 Å². The molecule has 3 N–H and O–H groups in total. The minimum atomic E-state index is -2.07. The molecule has 0 aromatic rings. The van der Waals surface area contributed by atoms with E-state index in [9.17, 15) is 29.7 Å². The van der Waals surface area contributed by atoms with Gasteiger partial charge < -0.3 is 29.5 Å². The number of esters is 2. The van der Waals surface area contributed by atoms with E-state index < -0.39 is 82.4 Å². The first kappa shape index (κ1) is 23.7. The van der Waals surface area contributed by atoms with Crippen molar-refractivity contribution in [1.82, 2.24) is 0 Å². The van der Waals surface area contributed by atoms with Gasteiger partial charge in [0.25, 0.3) is 0 Å². The average molecular weight is 477 g/mol. The van der Waals surface area contributed by atoms with Gasteiger partial charge in [0.1, 0.15) is 24.4 Å². The van der Waals surface area contributed by atoms with Crippen molar-refractivity contribution in [3.63, 3.8) is 0 Å². The van der Waals surface area contributed by atoms with Crippen LogP contribution in [0.2, 0.25) is 0 Å². The van der Waals surface area contributed by atoms with Gasteiger partial charge in [0.15, 0.2) is 11.6 Å². The van der Waals surface area contributed by atoms with E-state index in [0.717, 1.165) is 5.57 Å². The van der Waals surface area contributed by atoms with Gasteiger partial charge in [-0.1, -0.05) is 25.0 Å². The Bertz CT molecular complexity index is 1030. The van der Waals surface area contributed by atoms with Crippen molar-refractivity contribution < 1.29 is 43.9 Å². The van der Waals surface area contributed by atoms with Gasteiger partial charge in [0.2, 0.25) is 0 Å². The second-order valence-corrected chi connectivity index (χ2v) is 11.3. The Morgan fingerprint density at radius 1 is 1.26 bits per heavy atom. The van der Waals surface area contributed by atoms with Crippen molar-refractivity contribution in [1.29, 1.82) is 0 Å². The maximum Gasteiger partial charge on any atom is 0.331 e. The lowest BCUT2D eigenvalue weighted by Gasteiger charge is -2.68. The number of hydrogen-bond donors (Lipinski definition) is 3. The topological polar surface area (TPSA) is 140 Å². The molecule has 2 aliphatic heterocycles. The third-order valence-electron chi connectivity index (χ3n) is 9.22. The number of ketones is 1. The molecule has 0 aromatic heterocycles. The third-order valence-corrected chi connectivity index (χ3v) is 9.22. The second-order valence-electron chi connectivity index (χ2n) is 11.3. The smallest absolute Gasteiger partial charge is 0.331 e. The monoisotopic (exact) mass is 476 g/mol. The van der Waals surface area contributed by atoms with Crippen LogP contribution in [0.4, 0.5) is 0 Å². The molecule has 9 heteroatoms. The molecule has 5 rings (SSSR count). The van der Waals surface area contributed by atoms with Gasteiger partial charge in [-0.2, -0.15) is 0 Å². The number of allylic oxidation sites excluding steroid dienone is 1. The first-order chi connectivity index (χ1) is 15.8. The molecule has 2 heterocycles. The molecule has 34 heavy (non-hydrogen) atoms. The van der Waals surface area contributed by atoms with Crippen molar-refractivity contribution in [3.05, 3.63) is 23.3 Å². The number of aliphatic hydroxyl groups excluding tert-OH is 2. The van der Waals surface area contributed by atoms with Crippen molar-refractivity contribution in [3.8, 4) is 0 Å². The van der Waals surface area contributed by atoms with E-state index in [2.05, 4.69) is 0 Å². The minimum Gasteiger partial charge on any atom is -0.458 e. The lowest BCUT2D eigenvalue weighted by atomic mass is 9.37. The van der Waals surface area contributed by atoms with Crippen LogP contribution in [-0.2, 0) is 28.6 Å². The largest absolute Gasteiger partial charge is 0.458 e. The molecule has 186 valence electrons. The fourth-order valence-corrected chi connectivity index (χ4v) is 8.18. The Morgan fingerprint density at radius 2 is 1.94 bits per heavy atom. The number of hydrogen-bond acceptors (Lipinski definition) is 9. The summed E-state index contributed by atoms with van der Waals surface area (Å²) >= 11 is 0. The predicted molar refractivity (Wildman–Crippen MR) is 116 cm³/mol. The number of ether oxygens (including phenoxy) is 3. The van der Waals surface area contributed by atoms with E-state index in [1.54, 1.807) is 34.6 Å². The molecule has 11 atom stereocenters. The van der Waals surface area contributed by atoms with Crippen LogP contribution in [0.5, 0.6) is 0 Å². The van der Waals surface area contributed by atoms with Crippen LogP contribution < -0.4 is 0 Å². The third kappa shape index (κ3) is 2.67. The molecule has 2 bridgehead atoms. The second kappa shape index (κ2) is 7.22. The quantitative estimate of drug-likeness (QED) is 0.387. The summed E-state index contributed by atoms with van der Waals surface area (Å²) in [5.41, 5.74) is -1.17. The molecule has 4 fully saturated rings. The van der Waals surface area contributed by atoms with Gasteiger partial charge in [-0.15, -0.1) is 0 Å². The molecule has 3 aliphatic carbocycles. The summed E-state index contributed by atoms with van der Waals surface area (Å²) in [5, 5.41) is 34.3. The maximum atomic E-state index is 12.9. The standard InChI is InChI=1S/C25H32O9/c1-10(2)6-15(27)33-18-17-11(3)7-14(26)20(30)23(17,5)22-24-9-32-25(22,31)19(29)12(4)13(24)8-16(28)34-21(18)24/h6-7,12-13,17-22,29-31H,8-9H2,1-5H3/t12-,13+,17-,18-,19-,20?,21-,22-,23-,24-,25+/m1/s1. The highest BCUT2D eigenvalue weighted by Gasteiger charge is 2.84. The molecule has 2 saturated carbocycles. The summed E-state index contributed by atoms with van der Waals surface area (Å²) in [7, 11) is 0. The zero-order valence-corrected chi connectivity index (χ0v) is 20.0. The number of rotatable bonds is 2. The van der Waals surface area contributed by atoms with E-state index in [1.807, 2.05) is 0 Å². The number of carbonyl (C=O) groups excluding carboxylic acids is 3. The zero-order chi connectivity index (χ0) is 25.0. The molecule has 9 nitrogen and oxygen atoms in total. The van der Waals surface area contributed by atoms with E-state index in [-0.39, 0.29) is 13.0 Å². The molecular formula is C25H32O9. The Labute approximate surface area is 197 Å². The lowest BCUT2D eigenvalue weighted by Crippen LogP contribution is -2.79. The summed E-state index contributed by atoms with van der Waals surface area (Å²) in [5.74, 6) is -6.45. The van der Waals surface area contributed by atoms with Crippen LogP contribution in [0, 0.1) is 34.5 Å². The van der Waals surface area contributed by atoms with E-state index in [1.165, 1.54) is 12.2 Å². The fraction of sp³-hybridized carbons (Fsp3) is 0.720. The summed E-state index contributed by atoms with van der Waals surface area (Å²) in [6.07, 6.45) is -2.26. The van der Waals surface area contributed by atoms with Crippen LogP contribution >= 0.6 is 0 Å². The molecule has 0 radical (unpaired) electrons. The summed E-state index contributed by atoms with van der Waals surface area (Å²) in [6.45, 7) is 8.55. The molecule has 1 spiro atoms. The van der Waals surface area contributed by atoms with Crippen LogP contribution in [0.3, 0.4) is 0 Å². The van der Waals surface area contributed by atoms with E-state index in [4.69, 9.17) is 14.2 Å². The van der Waals surface area contributed by atoms with Crippen LogP contribution in [-0.4, -0.2) is 69.9 Å². The molecule has 2 saturated heterocycles. The Hall–Kier alpha value is -2.07. The van der Waals surface area contributed by atoms with E-state index >= 15 is 0 Å². The zero-order valence-electron chi connectivity index (χ0n) is 20.0. The van der Waals surface area contributed by atoms with Crippen molar-refractivity contribution in [2.24, 2.45) is 34.5 Å². The van der Waals surface area contributed by atoms with Crippen molar-refractivity contribution in [2.75, 3.05) is 6.61 Å². The fourth-order valence-electron chi connectivity index (χ4n) is 8.18. The number of carbonyl (C=O) groups is 3. The molecular weight excluding hydrogens is 444 g/mol. The Balaban J connectivity index is 1.78. The van der Waals surface area contributed by atoms with E-state index in [0.29, 0.717) is 5.57 Å². The minimum absolute atomic E-state index is 0.0150. The molecule has 0 amide bonds. The molecule has 5 aliphatic rings. The van der Waals surface area contributed by atoms with Gasteiger partial charge >= 0.3 is 11.9 Å². The lowest BCUT2D eigenvalue weighted by molar-refractivity contribution is -0.344. The number of fused-ring (bicyclic) bond motifs is 1. The van der Waals surface area contributed by atoms with Gasteiger partial charge in [-0.05, 0) is 38.7 Å². The average Bonchev–Trinajstić information content (AvgIpc) is 3.02. The molecule has 0 aromatic carbocycles. The normalized spacial score (nSPS) is 51.0. The highest BCUT2D eigenvalue weighted by atomic mass is 16.7. The Kier molecular flexibility index (Phi) is 5.03. The van der Waals surface area contributed by atoms with Crippen LogP contribution in [0.25, 0.3) is 0 Å². The number of aliphatic hydroxyl groups is 3. The van der Waals surface area contributed by atoms with Crippen LogP contribution in [0.15, 0.2) is 23.3 Å². The van der Waals surface area contributed by atoms with Crippen molar-refractivity contribution in [2.45, 2.75) is 71.2 Å². The summed E-state index contributed by atoms with van der Waals surface area (Å²) in [4.78, 5) is 38.5.